The van der Waals surface area contributed by atoms with Crippen molar-refractivity contribution in [3.8, 4) is 0 Å². The van der Waals surface area contributed by atoms with E-state index in [4.69, 9.17) is 23.2 Å². The number of rotatable bonds is 3. The molecule has 2 heterocycles. The van der Waals surface area contributed by atoms with Crippen molar-refractivity contribution in [2.45, 2.75) is 25.0 Å². The zero-order valence-electron chi connectivity index (χ0n) is 11.4. The van der Waals surface area contributed by atoms with Crippen LogP contribution in [0, 0.1) is 0 Å². The summed E-state index contributed by atoms with van der Waals surface area (Å²) >= 11 is 12.3. The fourth-order valence-electron chi connectivity index (χ4n) is 2.80. The second-order valence-corrected chi connectivity index (χ2v) is 6.20. The van der Waals surface area contributed by atoms with E-state index in [-0.39, 0.29) is 0 Å². The second kappa shape index (κ2) is 5.93. The number of H-pyrrole nitrogens is 1. The third kappa shape index (κ3) is 3.06. The molecular weight excluding hydrogens is 311 g/mol. The molecule has 3 rings (SSSR count). The largest absolute Gasteiger partial charge is 0.382 e. The fraction of sp³-hybridized carbons (Fsp3) is 0.429. The van der Waals surface area contributed by atoms with Crippen LogP contribution in [0.15, 0.2) is 24.4 Å². The minimum atomic E-state index is -0.962. The Balaban J connectivity index is 1.76. The first-order chi connectivity index (χ1) is 10.1. The van der Waals surface area contributed by atoms with Gasteiger partial charge in [-0.25, -0.2) is 0 Å². The molecule has 5 nitrogen and oxygen atoms in total. The van der Waals surface area contributed by atoms with Gasteiger partial charge < -0.3 is 5.11 Å². The van der Waals surface area contributed by atoms with Crippen molar-refractivity contribution in [1.29, 1.82) is 0 Å². The normalized spacial score (nSPS) is 23.4. The monoisotopic (exact) mass is 326 g/mol. The SMILES string of the molecule is OC1(c2cn[nH]n2)CCCN(Cc2cccc(Cl)c2Cl)C1. The van der Waals surface area contributed by atoms with Crippen molar-refractivity contribution in [2.24, 2.45) is 0 Å². The highest BCUT2D eigenvalue weighted by molar-refractivity contribution is 6.42. The van der Waals surface area contributed by atoms with Crippen molar-refractivity contribution < 1.29 is 5.11 Å². The van der Waals surface area contributed by atoms with Gasteiger partial charge in [-0.15, -0.1) is 0 Å². The van der Waals surface area contributed by atoms with Crippen LogP contribution in [0.25, 0.3) is 0 Å². The number of hydrogen-bond acceptors (Lipinski definition) is 4. The van der Waals surface area contributed by atoms with Crippen LogP contribution in [0.3, 0.4) is 0 Å². The van der Waals surface area contributed by atoms with Crippen molar-refractivity contribution in [3.63, 3.8) is 0 Å². The molecule has 7 heteroatoms. The summed E-state index contributed by atoms with van der Waals surface area (Å²) in [6.07, 6.45) is 3.15. The number of piperidine rings is 1. The summed E-state index contributed by atoms with van der Waals surface area (Å²) in [5, 5.41) is 22.3. The van der Waals surface area contributed by atoms with Crippen molar-refractivity contribution in [1.82, 2.24) is 20.3 Å². The number of benzene rings is 1. The van der Waals surface area contributed by atoms with Gasteiger partial charge in [-0.3, -0.25) is 4.90 Å². The number of hydrogen-bond donors (Lipinski definition) is 2. The third-order valence-corrected chi connectivity index (χ3v) is 4.73. The molecule has 1 saturated heterocycles. The number of nitrogens with zero attached hydrogens (tertiary/aromatic N) is 3. The molecule has 1 aromatic heterocycles. The van der Waals surface area contributed by atoms with Crippen molar-refractivity contribution in [3.05, 3.63) is 45.7 Å². The second-order valence-electron chi connectivity index (χ2n) is 5.41. The first kappa shape index (κ1) is 14.8. The van der Waals surface area contributed by atoms with E-state index in [9.17, 15) is 5.11 Å². The van der Waals surface area contributed by atoms with E-state index in [2.05, 4.69) is 20.3 Å². The van der Waals surface area contributed by atoms with Gasteiger partial charge in [0, 0.05) is 13.1 Å². The summed E-state index contributed by atoms with van der Waals surface area (Å²) in [5.41, 5.74) is 0.592. The Labute approximate surface area is 132 Å². The Morgan fingerprint density at radius 1 is 1.38 bits per heavy atom. The lowest BCUT2D eigenvalue weighted by molar-refractivity contribution is -0.0414. The van der Waals surface area contributed by atoms with E-state index in [1.54, 1.807) is 12.3 Å². The molecule has 1 unspecified atom stereocenters. The minimum absolute atomic E-state index is 0.502. The summed E-state index contributed by atoms with van der Waals surface area (Å²) in [7, 11) is 0. The van der Waals surface area contributed by atoms with Gasteiger partial charge in [-0.05, 0) is 31.0 Å². The Kier molecular flexibility index (Phi) is 4.17. The van der Waals surface area contributed by atoms with Gasteiger partial charge in [0.15, 0.2) is 0 Å². The minimum Gasteiger partial charge on any atom is -0.382 e. The van der Waals surface area contributed by atoms with Crippen molar-refractivity contribution >= 4 is 23.2 Å². The summed E-state index contributed by atoms with van der Waals surface area (Å²) in [6, 6.07) is 5.62. The molecule has 1 aliphatic heterocycles. The van der Waals surface area contributed by atoms with Gasteiger partial charge in [-0.2, -0.15) is 15.4 Å². The maximum absolute atomic E-state index is 10.8. The molecule has 2 N–H and O–H groups in total. The zero-order chi connectivity index (χ0) is 14.9. The lowest BCUT2D eigenvalue weighted by Gasteiger charge is -2.38. The zero-order valence-corrected chi connectivity index (χ0v) is 12.9. The summed E-state index contributed by atoms with van der Waals surface area (Å²) in [4.78, 5) is 2.16. The van der Waals surface area contributed by atoms with Crippen LogP contribution in [0.5, 0.6) is 0 Å². The topological polar surface area (TPSA) is 65.0 Å². The maximum Gasteiger partial charge on any atom is 0.123 e. The Bertz CT molecular complexity index is 619. The van der Waals surface area contributed by atoms with Gasteiger partial charge in [0.2, 0.25) is 0 Å². The average molecular weight is 327 g/mol. The molecule has 112 valence electrons. The molecule has 1 aromatic carbocycles. The van der Waals surface area contributed by atoms with Crippen molar-refractivity contribution in [2.75, 3.05) is 13.1 Å². The predicted octanol–water partition coefficient (Wildman–Crippen LogP) is 2.60. The van der Waals surface area contributed by atoms with Crippen LogP contribution >= 0.6 is 23.2 Å². The standard InChI is InChI=1S/C14H16Cl2N4O/c15-11-4-1-3-10(13(11)16)8-20-6-2-5-14(21,9-20)12-7-17-19-18-12/h1,3-4,7,21H,2,5-6,8-9H2,(H,17,18,19). The first-order valence-corrected chi connectivity index (χ1v) is 7.58. The molecule has 0 amide bonds. The molecule has 1 fully saturated rings. The summed E-state index contributed by atoms with van der Waals surface area (Å²) < 4.78 is 0. The number of likely N-dealkylation sites (tertiary alicyclic amines) is 1. The van der Waals surface area contributed by atoms with Crippen LogP contribution in [-0.4, -0.2) is 38.5 Å². The van der Waals surface area contributed by atoms with E-state index in [1.165, 1.54) is 0 Å². The first-order valence-electron chi connectivity index (χ1n) is 6.82. The van der Waals surface area contributed by atoms with Gasteiger partial charge in [0.1, 0.15) is 11.3 Å². The number of β-amino-alcohol motifs (C(OH)–C–C–N with tert-alkyl or cyclic N) is 1. The molecular formula is C14H16Cl2N4O. The predicted molar refractivity (Wildman–Crippen MR) is 81.3 cm³/mol. The van der Waals surface area contributed by atoms with Crippen LogP contribution < -0.4 is 0 Å². The quantitative estimate of drug-likeness (QED) is 0.909. The maximum atomic E-state index is 10.8. The number of aromatic nitrogens is 3. The van der Waals surface area contributed by atoms with Gasteiger partial charge in [0.25, 0.3) is 0 Å². The molecule has 0 radical (unpaired) electrons. The number of aromatic amines is 1. The highest BCUT2D eigenvalue weighted by atomic mass is 35.5. The number of nitrogens with one attached hydrogen (secondary N) is 1. The molecule has 0 aliphatic carbocycles. The Morgan fingerprint density at radius 2 is 2.24 bits per heavy atom. The van der Waals surface area contributed by atoms with E-state index < -0.39 is 5.60 Å². The molecule has 0 saturated carbocycles. The highest BCUT2D eigenvalue weighted by Gasteiger charge is 2.37. The average Bonchev–Trinajstić information content (AvgIpc) is 2.99. The summed E-state index contributed by atoms with van der Waals surface area (Å²) in [5.74, 6) is 0. The molecule has 2 aromatic rings. The van der Waals surface area contributed by atoms with E-state index >= 15 is 0 Å². The highest BCUT2D eigenvalue weighted by Crippen LogP contribution is 2.32. The molecule has 0 bridgehead atoms. The fourth-order valence-corrected chi connectivity index (χ4v) is 3.18. The van der Waals surface area contributed by atoms with Gasteiger partial charge in [-0.1, -0.05) is 35.3 Å². The smallest absolute Gasteiger partial charge is 0.123 e. The molecule has 21 heavy (non-hydrogen) atoms. The number of aliphatic hydroxyl groups is 1. The van der Waals surface area contributed by atoms with Gasteiger partial charge >= 0.3 is 0 Å². The Morgan fingerprint density at radius 3 is 3.00 bits per heavy atom. The third-order valence-electron chi connectivity index (χ3n) is 3.87. The van der Waals surface area contributed by atoms with E-state index in [1.807, 2.05) is 12.1 Å². The molecule has 0 spiro atoms. The van der Waals surface area contributed by atoms with Crippen LogP contribution in [0.1, 0.15) is 24.1 Å². The molecule has 1 atom stereocenters. The lowest BCUT2D eigenvalue weighted by Crippen LogP contribution is -2.45. The number of halogens is 2. The van der Waals surface area contributed by atoms with E-state index in [0.717, 1.165) is 18.5 Å². The van der Waals surface area contributed by atoms with Crippen LogP contribution in [-0.2, 0) is 12.1 Å². The molecule has 1 aliphatic rings. The van der Waals surface area contributed by atoms with Crippen LogP contribution in [0.2, 0.25) is 10.0 Å². The van der Waals surface area contributed by atoms with Crippen LogP contribution in [0.4, 0.5) is 0 Å². The summed E-state index contributed by atoms with van der Waals surface area (Å²) in [6.45, 7) is 2.06. The van der Waals surface area contributed by atoms with E-state index in [0.29, 0.717) is 35.2 Å². The Hall–Kier alpha value is -1.14. The lowest BCUT2D eigenvalue weighted by atomic mass is 9.90. The van der Waals surface area contributed by atoms with Gasteiger partial charge in [0.05, 0.1) is 16.2 Å².